The summed E-state index contributed by atoms with van der Waals surface area (Å²) >= 11 is 0. The molecule has 0 bridgehead atoms. The normalized spacial score (nSPS) is 13.9. The number of fused-ring (bicyclic) bond motifs is 1. The summed E-state index contributed by atoms with van der Waals surface area (Å²) in [6.45, 7) is 0.778. The number of furan rings is 1. The van der Waals surface area contributed by atoms with Crippen LogP contribution >= 0.6 is 0 Å². The van der Waals surface area contributed by atoms with E-state index >= 15 is 0 Å². The molecular formula is C17H17NO3. The lowest BCUT2D eigenvalue weighted by Crippen LogP contribution is -2.11. The largest absolute Gasteiger partial charge is 0.493 e. The van der Waals surface area contributed by atoms with Gasteiger partial charge in [0.1, 0.15) is 5.76 Å². The third-order valence-electron chi connectivity index (χ3n) is 3.50. The summed E-state index contributed by atoms with van der Waals surface area (Å²) in [6, 6.07) is 7.79. The van der Waals surface area contributed by atoms with Crippen molar-refractivity contribution in [1.29, 1.82) is 0 Å². The van der Waals surface area contributed by atoms with Crippen LogP contribution in [-0.2, 0) is 6.42 Å². The zero-order chi connectivity index (χ0) is 14.7. The number of ether oxygens (including phenoxy) is 2. The average Bonchev–Trinajstić information content (AvgIpc) is 3.04. The Morgan fingerprint density at radius 2 is 1.95 bits per heavy atom. The molecule has 0 amide bonds. The van der Waals surface area contributed by atoms with Crippen molar-refractivity contribution in [3.05, 3.63) is 53.5 Å². The van der Waals surface area contributed by atoms with Crippen LogP contribution in [0.1, 0.15) is 16.9 Å². The van der Waals surface area contributed by atoms with Gasteiger partial charge in [-0.1, -0.05) is 0 Å². The van der Waals surface area contributed by atoms with Crippen molar-refractivity contribution in [3.8, 4) is 11.5 Å². The molecule has 0 saturated heterocycles. The van der Waals surface area contributed by atoms with Gasteiger partial charge in [-0.2, -0.15) is 0 Å². The maximum Gasteiger partial charge on any atom is 0.161 e. The lowest BCUT2D eigenvalue weighted by molar-refractivity contribution is 0.354. The predicted molar refractivity (Wildman–Crippen MR) is 82.4 cm³/mol. The second-order valence-corrected chi connectivity index (χ2v) is 4.73. The number of allylic oxidation sites excluding steroid dienone is 1. The third-order valence-corrected chi connectivity index (χ3v) is 3.50. The lowest BCUT2D eigenvalue weighted by Gasteiger charge is -2.18. The zero-order valence-corrected chi connectivity index (χ0v) is 12.1. The van der Waals surface area contributed by atoms with Gasteiger partial charge in [-0.25, -0.2) is 0 Å². The molecule has 0 fully saturated rings. The third kappa shape index (κ3) is 2.70. The molecule has 0 aliphatic carbocycles. The molecule has 21 heavy (non-hydrogen) atoms. The fraction of sp³-hybridized carbons (Fsp3) is 0.235. The van der Waals surface area contributed by atoms with E-state index in [0.29, 0.717) is 0 Å². The van der Waals surface area contributed by atoms with Crippen LogP contribution in [0.5, 0.6) is 11.5 Å². The lowest BCUT2D eigenvalue weighted by atomic mass is 9.96. The maximum atomic E-state index is 5.38. The maximum absolute atomic E-state index is 5.38. The van der Waals surface area contributed by atoms with Crippen LogP contribution in [0.25, 0.3) is 6.08 Å². The Labute approximate surface area is 123 Å². The summed E-state index contributed by atoms with van der Waals surface area (Å²) in [7, 11) is 3.29. The molecule has 4 heteroatoms. The van der Waals surface area contributed by atoms with E-state index in [1.165, 1.54) is 5.56 Å². The minimum Gasteiger partial charge on any atom is -0.493 e. The van der Waals surface area contributed by atoms with E-state index < -0.39 is 0 Å². The molecule has 2 heterocycles. The van der Waals surface area contributed by atoms with Gasteiger partial charge >= 0.3 is 0 Å². The van der Waals surface area contributed by atoms with Crippen LogP contribution < -0.4 is 9.47 Å². The van der Waals surface area contributed by atoms with Crippen molar-refractivity contribution in [3.63, 3.8) is 0 Å². The molecule has 1 aliphatic heterocycles. The highest BCUT2D eigenvalue weighted by Gasteiger charge is 2.16. The number of hydrogen-bond acceptors (Lipinski definition) is 4. The molecule has 2 aromatic rings. The predicted octanol–water partition coefficient (Wildman–Crippen LogP) is 3.36. The second-order valence-electron chi connectivity index (χ2n) is 4.73. The fourth-order valence-corrected chi connectivity index (χ4v) is 2.44. The number of aliphatic imine (C=N–C) groups is 1. The smallest absolute Gasteiger partial charge is 0.161 e. The van der Waals surface area contributed by atoms with E-state index in [1.54, 1.807) is 20.5 Å². The Morgan fingerprint density at radius 3 is 2.67 bits per heavy atom. The van der Waals surface area contributed by atoms with E-state index in [9.17, 15) is 0 Å². The summed E-state index contributed by atoms with van der Waals surface area (Å²) in [5, 5.41) is 0. The molecule has 0 unspecified atom stereocenters. The van der Waals surface area contributed by atoms with E-state index in [0.717, 1.165) is 41.5 Å². The average molecular weight is 283 g/mol. The van der Waals surface area contributed by atoms with Gasteiger partial charge in [0.15, 0.2) is 11.5 Å². The van der Waals surface area contributed by atoms with Crippen LogP contribution in [0, 0.1) is 0 Å². The first-order valence-electron chi connectivity index (χ1n) is 6.83. The molecular weight excluding hydrogens is 266 g/mol. The highest BCUT2D eigenvalue weighted by molar-refractivity contribution is 6.12. The van der Waals surface area contributed by atoms with Gasteiger partial charge in [0, 0.05) is 12.1 Å². The Bertz CT molecular complexity index is 684. The topological polar surface area (TPSA) is 44.0 Å². The molecule has 0 atom stereocenters. The van der Waals surface area contributed by atoms with E-state index in [1.807, 2.05) is 36.4 Å². The molecule has 108 valence electrons. The van der Waals surface area contributed by atoms with Gasteiger partial charge in [0.2, 0.25) is 0 Å². The Hall–Kier alpha value is -2.49. The summed E-state index contributed by atoms with van der Waals surface area (Å²) < 4.78 is 16.0. The van der Waals surface area contributed by atoms with Gasteiger partial charge < -0.3 is 13.9 Å². The Kier molecular flexibility index (Phi) is 3.77. The molecule has 1 aromatic carbocycles. The first-order valence-corrected chi connectivity index (χ1v) is 6.83. The molecule has 0 saturated carbocycles. The van der Waals surface area contributed by atoms with Crippen molar-refractivity contribution < 1.29 is 13.9 Å². The minimum atomic E-state index is 0.720. The van der Waals surface area contributed by atoms with Crippen molar-refractivity contribution in [2.75, 3.05) is 20.8 Å². The standard InChI is InChI=1S/C17H17NO3/c1-19-16-10-12-7-8-18-15(14(12)11-17(16)20-2)6-5-13-4-3-9-21-13/h3-6,9-11H,7-8H2,1-2H3. The molecule has 1 aromatic heterocycles. The molecule has 0 spiro atoms. The Balaban J connectivity index is 1.97. The Morgan fingerprint density at radius 1 is 1.14 bits per heavy atom. The highest BCUT2D eigenvalue weighted by atomic mass is 16.5. The van der Waals surface area contributed by atoms with Crippen LogP contribution in [0.15, 0.2) is 46.0 Å². The zero-order valence-electron chi connectivity index (χ0n) is 12.1. The van der Waals surface area contributed by atoms with E-state index in [2.05, 4.69) is 4.99 Å². The molecule has 1 aliphatic rings. The minimum absolute atomic E-state index is 0.720. The van der Waals surface area contributed by atoms with Crippen molar-refractivity contribution >= 4 is 11.8 Å². The van der Waals surface area contributed by atoms with Crippen molar-refractivity contribution in [2.24, 2.45) is 4.99 Å². The van der Waals surface area contributed by atoms with Crippen molar-refractivity contribution in [1.82, 2.24) is 0 Å². The highest BCUT2D eigenvalue weighted by Crippen LogP contribution is 2.32. The quantitative estimate of drug-likeness (QED) is 0.864. The van der Waals surface area contributed by atoms with Crippen LogP contribution in [0.3, 0.4) is 0 Å². The first-order chi connectivity index (χ1) is 10.3. The van der Waals surface area contributed by atoms with Crippen LogP contribution in [0.2, 0.25) is 0 Å². The van der Waals surface area contributed by atoms with Gasteiger partial charge in [0.05, 0.1) is 26.2 Å². The van der Waals surface area contributed by atoms with E-state index in [-0.39, 0.29) is 0 Å². The van der Waals surface area contributed by atoms with Gasteiger partial charge in [-0.3, -0.25) is 4.99 Å². The number of benzene rings is 1. The number of hydrogen-bond donors (Lipinski definition) is 0. The first kappa shape index (κ1) is 13.5. The SMILES string of the molecule is COc1cc2c(cc1OC)C(C=Cc1ccco1)=NCC2. The van der Waals surface area contributed by atoms with Gasteiger partial charge in [0.25, 0.3) is 0 Å². The monoisotopic (exact) mass is 283 g/mol. The van der Waals surface area contributed by atoms with Crippen molar-refractivity contribution in [2.45, 2.75) is 6.42 Å². The number of methoxy groups -OCH3 is 2. The fourth-order valence-electron chi connectivity index (χ4n) is 2.44. The summed E-state index contributed by atoms with van der Waals surface area (Å²) in [5.74, 6) is 2.29. The van der Waals surface area contributed by atoms with Crippen LogP contribution in [-0.4, -0.2) is 26.5 Å². The second kappa shape index (κ2) is 5.87. The number of nitrogens with zero attached hydrogens (tertiary/aromatic N) is 1. The molecule has 0 N–H and O–H groups in total. The van der Waals surface area contributed by atoms with Crippen LogP contribution in [0.4, 0.5) is 0 Å². The molecule has 0 radical (unpaired) electrons. The summed E-state index contributed by atoms with van der Waals surface area (Å²) in [4.78, 5) is 4.59. The summed E-state index contributed by atoms with van der Waals surface area (Å²) in [6.07, 6.45) is 6.46. The number of rotatable bonds is 4. The van der Waals surface area contributed by atoms with E-state index in [4.69, 9.17) is 13.9 Å². The molecule has 4 nitrogen and oxygen atoms in total. The van der Waals surface area contributed by atoms with Gasteiger partial charge in [-0.05, 0) is 48.4 Å². The van der Waals surface area contributed by atoms with Gasteiger partial charge in [-0.15, -0.1) is 0 Å². The molecule has 3 rings (SSSR count). The summed E-state index contributed by atoms with van der Waals surface area (Å²) in [5.41, 5.74) is 3.25.